The zero-order valence-electron chi connectivity index (χ0n) is 6.53. The van der Waals surface area contributed by atoms with E-state index < -0.39 is 12.3 Å². The molecule has 11 heavy (non-hydrogen) atoms. The van der Waals surface area contributed by atoms with Crippen LogP contribution in [-0.2, 0) is 4.74 Å². The smallest absolute Gasteiger partial charge is 0.368 e. The summed E-state index contributed by atoms with van der Waals surface area (Å²) in [6.45, 7) is 1.51. The van der Waals surface area contributed by atoms with Crippen molar-refractivity contribution in [1.82, 2.24) is 5.32 Å². The van der Waals surface area contributed by atoms with Gasteiger partial charge in [0.2, 0.25) is 0 Å². The van der Waals surface area contributed by atoms with Gasteiger partial charge >= 0.3 is 6.18 Å². The fourth-order valence-corrected chi connectivity index (χ4v) is 0.432. The third-order valence-electron chi connectivity index (χ3n) is 1.18. The molecule has 68 valence electrons. The van der Waals surface area contributed by atoms with Crippen LogP contribution in [0.3, 0.4) is 0 Å². The number of hydrogen-bond donors (Lipinski definition) is 1. The van der Waals surface area contributed by atoms with Crippen LogP contribution in [0, 0.1) is 0 Å². The lowest BCUT2D eigenvalue weighted by Crippen LogP contribution is -2.30. The van der Waals surface area contributed by atoms with Gasteiger partial charge in [-0.25, -0.2) is 0 Å². The lowest BCUT2D eigenvalue weighted by atomic mass is 10.4. The van der Waals surface area contributed by atoms with Crippen molar-refractivity contribution in [3.05, 3.63) is 0 Å². The van der Waals surface area contributed by atoms with E-state index in [4.69, 9.17) is 0 Å². The van der Waals surface area contributed by atoms with E-state index in [1.807, 2.05) is 0 Å². The Bertz CT molecular complexity index is 104. The summed E-state index contributed by atoms with van der Waals surface area (Å²) in [6.07, 6.45) is -5.91. The third kappa shape index (κ3) is 5.03. The maximum absolute atomic E-state index is 11.7. The Morgan fingerprint density at radius 2 is 2.00 bits per heavy atom. The second-order valence-electron chi connectivity index (χ2n) is 2.16. The first-order valence-electron chi connectivity index (χ1n) is 3.31. The summed E-state index contributed by atoms with van der Waals surface area (Å²) in [7, 11) is 1.65. The standard InChI is InChI=1S/C6H12F3NO/c1-5(6(7,8)9)11-4-3-10-2/h5,10H,3-4H2,1-2H3. The first kappa shape index (κ1) is 10.7. The van der Waals surface area contributed by atoms with E-state index in [1.54, 1.807) is 7.05 Å². The molecule has 2 nitrogen and oxygen atoms in total. The zero-order valence-corrected chi connectivity index (χ0v) is 6.53. The second kappa shape index (κ2) is 4.56. The highest BCUT2D eigenvalue weighted by Crippen LogP contribution is 2.21. The molecule has 0 bridgehead atoms. The molecule has 5 heteroatoms. The molecule has 0 aromatic heterocycles. The number of halogens is 3. The number of alkyl halides is 3. The van der Waals surface area contributed by atoms with Gasteiger partial charge in [-0.2, -0.15) is 13.2 Å². The predicted octanol–water partition coefficient (Wildman–Crippen LogP) is 1.17. The molecule has 0 aromatic rings. The molecular formula is C6H12F3NO. The van der Waals surface area contributed by atoms with Crippen LogP contribution in [0.2, 0.25) is 0 Å². The fraction of sp³-hybridized carbons (Fsp3) is 1.00. The summed E-state index contributed by atoms with van der Waals surface area (Å²) in [5.41, 5.74) is 0. The summed E-state index contributed by atoms with van der Waals surface area (Å²) in [5, 5.41) is 2.68. The number of ether oxygens (including phenoxy) is 1. The van der Waals surface area contributed by atoms with E-state index in [0.29, 0.717) is 6.54 Å². The Hall–Kier alpha value is -0.290. The highest BCUT2D eigenvalue weighted by molar-refractivity contribution is 4.60. The van der Waals surface area contributed by atoms with Gasteiger partial charge in [0.15, 0.2) is 6.10 Å². The SMILES string of the molecule is CNCCOC(C)C(F)(F)F. The number of nitrogens with one attached hydrogen (secondary N) is 1. The molecule has 0 saturated heterocycles. The molecule has 0 aromatic carbocycles. The lowest BCUT2D eigenvalue weighted by molar-refractivity contribution is -0.213. The summed E-state index contributed by atoms with van der Waals surface area (Å²) in [6, 6.07) is 0. The van der Waals surface area contributed by atoms with Crippen molar-refractivity contribution in [2.24, 2.45) is 0 Å². The Kier molecular flexibility index (Phi) is 4.44. The van der Waals surface area contributed by atoms with Gasteiger partial charge in [-0.3, -0.25) is 0 Å². The Balaban J connectivity index is 3.44. The van der Waals surface area contributed by atoms with E-state index in [1.165, 1.54) is 0 Å². The van der Waals surface area contributed by atoms with E-state index >= 15 is 0 Å². The Labute approximate surface area is 63.7 Å². The van der Waals surface area contributed by atoms with E-state index in [-0.39, 0.29) is 6.61 Å². The van der Waals surface area contributed by atoms with Crippen molar-refractivity contribution in [3.63, 3.8) is 0 Å². The fourth-order valence-electron chi connectivity index (χ4n) is 0.432. The number of hydrogen-bond acceptors (Lipinski definition) is 2. The monoisotopic (exact) mass is 171 g/mol. The summed E-state index contributed by atoms with van der Waals surface area (Å²) < 4.78 is 39.7. The average Bonchev–Trinajstić information content (AvgIpc) is 1.86. The van der Waals surface area contributed by atoms with Gasteiger partial charge in [-0.15, -0.1) is 0 Å². The minimum Gasteiger partial charge on any atom is -0.368 e. The second-order valence-corrected chi connectivity index (χ2v) is 2.16. The molecule has 0 aliphatic rings. The van der Waals surface area contributed by atoms with Crippen LogP contribution >= 0.6 is 0 Å². The largest absolute Gasteiger partial charge is 0.414 e. The van der Waals surface area contributed by atoms with Crippen LogP contribution in [0.4, 0.5) is 13.2 Å². The quantitative estimate of drug-likeness (QED) is 0.641. The average molecular weight is 171 g/mol. The van der Waals surface area contributed by atoms with Crippen molar-refractivity contribution in [1.29, 1.82) is 0 Å². The molecule has 0 spiro atoms. The summed E-state index contributed by atoms with van der Waals surface area (Å²) in [5.74, 6) is 0. The van der Waals surface area contributed by atoms with Crippen molar-refractivity contribution in [3.8, 4) is 0 Å². The molecule has 0 radical (unpaired) electrons. The van der Waals surface area contributed by atoms with Crippen LogP contribution in [-0.4, -0.2) is 32.5 Å². The van der Waals surface area contributed by atoms with Gasteiger partial charge in [0.1, 0.15) is 0 Å². The summed E-state index contributed by atoms with van der Waals surface area (Å²) in [4.78, 5) is 0. The van der Waals surface area contributed by atoms with Crippen LogP contribution in [0.15, 0.2) is 0 Å². The molecule has 1 N–H and O–H groups in total. The van der Waals surface area contributed by atoms with Gasteiger partial charge < -0.3 is 10.1 Å². The molecule has 0 fully saturated rings. The number of likely N-dealkylation sites (N-methyl/N-ethyl adjacent to an activating group) is 1. The van der Waals surface area contributed by atoms with Crippen LogP contribution in [0.5, 0.6) is 0 Å². The molecule has 0 aliphatic heterocycles. The third-order valence-corrected chi connectivity index (χ3v) is 1.18. The minimum atomic E-state index is -4.24. The summed E-state index contributed by atoms with van der Waals surface area (Å²) >= 11 is 0. The lowest BCUT2D eigenvalue weighted by Gasteiger charge is -2.15. The molecule has 0 amide bonds. The minimum absolute atomic E-state index is 0.0805. The van der Waals surface area contributed by atoms with E-state index in [2.05, 4.69) is 10.1 Å². The van der Waals surface area contributed by atoms with Crippen molar-refractivity contribution in [2.45, 2.75) is 19.2 Å². The van der Waals surface area contributed by atoms with Crippen molar-refractivity contribution in [2.75, 3.05) is 20.2 Å². The van der Waals surface area contributed by atoms with Gasteiger partial charge in [0.05, 0.1) is 6.61 Å². The van der Waals surface area contributed by atoms with E-state index in [9.17, 15) is 13.2 Å². The highest BCUT2D eigenvalue weighted by Gasteiger charge is 2.36. The Morgan fingerprint density at radius 3 is 2.36 bits per heavy atom. The zero-order chi connectivity index (χ0) is 8.91. The molecule has 0 saturated carbocycles. The van der Waals surface area contributed by atoms with Crippen LogP contribution in [0.1, 0.15) is 6.92 Å². The van der Waals surface area contributed by atoms with Gasteiger partial charge in [-0.05, 0) is 14.0 Å². The molecular weight excluding hydrogens is 159 g/mol. The molecule has 0 aliphatic carbocycles. The van der Waals surface area contributed by atoms with Gasteiger partial charge in [0, 0.05) is 6.54 Å². The molecule has 1 unspecified atom stereocenters. The molecule has 1 atom stereocenters. The number of rotatable bonds is 4. The van der Waals surface area contributed by atoms with Crippen LogP contribution in [0.25, 0.3) is 0 Å². The Morgan fingerprint density at radius 1 is 1.45 bits per heavy atom. The first-order chi connectivity index (χ1) is 4.98. The maximum Gasteiger partial charge on any atom is 0.414 e. The van der Waals surface area contributed by atoms with Crippen molar-refractivity contribution < 1.29 is 17.9 Å². The van der Waals surface area contributed by atoms with Crippen molar-refractivity contribution >= 4 is 0 Å². The maximum atomic E-state index is 11.7. The van der Waals surface area contributed by atoms with Gasteiger partial charge in [-0.1, -0.05) is 0 Å². The molecule has 0 heterocycles. The van der Waals surface area contributed by atoms with Crippen LogP contribution < -0.4 is 5.32 Å². The highest BCUT2D eigenvalue weighted by atomic mass is 19.4. The predicted molar refractivity (Wildman–Crippen MR) is 35.4 cm³/mol. The topological polar surface area (TPSA) is 21.3 Å². The normalized spacial score (nSPS) is 15.0. The molecule has 0 rings (SSSR count). The van der Waals surface area contributed by atoms with Gasteiger partial charge in [0.25, 0.3) is 0 Å². The first-order valence-corrected chi connectivity index (χ1v) is 3.31. The van der Waals surface area contributed by atoms with E-state index in [0.717, 1.165) is 6.92 Å².